The number of rotatable bonds is 3. The van der Waals surface area contributed by atoms with Gasteiger partial charge < -0.3 is 9.47 Å². The fourth-order valence-electron chi connectivity index (χ4n) is 2.85. The molecule has 0 bridgehead atoms. The highest BCUT2D eigenvalue weighted by Gasteiger charge is 2.49. The van der Waals surface area contributed by atoms with E-state index in [1.54, 1.807) is 12.4 Å². The molecule has 1 aliphatic heterocycles. The minimum atomic E-state index is -0.582. The molecule has 1 aliphatic rings. The average molecular weight is 278 g/mol. The number of carbonyl (C=O) groups excluding carboxylic acids is 2. The Labute approximate surface area is 117 Å². The van der Waals surface area contributed by atoms with Crippen molar-refractivity contribution in [3.63, 3.8) is 0 Å². The van der Waals surface area contributed by atoms with Crippen LogP contribution in [0.5, 0.6) is 0 Å². The smallest absolute Gasteiger partial charge is 0.311 e. The molecule has 1 saturated heterocycles. The highest BCUT2D eigenvalue weighted by Crippen LogP contribution is 2.40. The molecule has 20 heavy (non-hydrogen) atoms. The van der Waals surface area contributed by atoms with Crippen molar-refractivity contribution < 1.29 is 19.1 Å². The first-order valence-corrected chi connectivity index (χ1v) is 6.36. The normalized spacial score (nSPS) is 26.2. The molecule has 0 saturated carbocycles. The van der Waals surface area contributed by atoms with Gasteiger partial charge in [0.2, 0.25) is 0 Å². The third-order valence-corrected chi connectivity index (χ3v) is 3.74. The van der Waals surface area contributed by atoms with Crippen LogP contribution >= 0.6 is 0 Å². The van der Waals surface area contributed by atoms with Gasteiger partial charge >= 0.3 is 11.9 Å². The van der Waals surface area contributed by atoms with Crippen molar-refractivity contribution in [3.05, 3.63) is 30.1 Å². The number of aromatic nitrogens is 1. The number of esters is 2. The van der Waals surface area contributed by atoms with Crippen LogP contribution in [-0.2, 0) is 19.1 Å². The summed E-state index contributed by atoms with van der Waals surface area (Å²) in [5, 5.41) is 0. The second-order valence-electron chi connectivity index (χ2n) is 4.85. The van der Waals surface area contributed by atoms with E-state index in [4.69, 9.17) is 9.47 Å². The molecule has 0 aliphatic carbocycles. The molecule has 2 rings (SSSR count). The summed E-state index contributed by atoms with van der Waals surface area (Å²) in [5.41, 5.74) is 0.886. The van der Waals surface area contributed by atoms with Crippen molar-refractivity contribution in [2.45, 2.75) is 6.04 Å². The third kappa shape index (κ3) is 2.51. The lowest BCUT2D eigenvalue weighted by molar-refractivity contribution is -0.156. The molecule has 6 nitrogen and oxygen atoms in total. The summed E-state index contributed by atoms with van der Waals surface area (Å²) in [6, 6.07) is 3.47. The maximum absolute atomic E-state index is 12.1. The van der Waals surface area contributed by atoms with Gasteiger partial charge in [-0.15, -0.1) is 0 Å². The maximum atomic E-state index is 12.1. The van der Waals surface area contributed by atoms with E-state index >= 15 is 0 Å². The molecule has 0 radical (unpaired) electrons. The second kappa shape index (κ2) is 6.00. The van der Waals surface area contributed by atoms with Gasteiger partial charge in [-0.05, 0) is 18.7 Å². The molecule has 2 heterocycles. The minimum absolute atomic E-state index is 0.236. The van der Waals surface area contributed by atoms with Crippen molar-refractivity contribution in [1.82, 2.24) is 9.88 Å². The number of likely N-dealkylation sites (tertiary alicyclic amines) is 1. The van der Waals surface area contributed by atoms with Gasteiger partial charge in [0.15, 0.2) is 0 Å². The van der Waals surface area contributed by atoms with Crippen LogP contribution in [0.4, 0.5) is 0 Å². The monoisotopic (exact) mass is 278 g/mol. The minimum Gasteiger partial charge on any atom is -0.469 e. The van der Waals surface area contributed by atoms with E-state index in [-0.39, 0.29) is 6.04 Å². The molecule has 1 aromatic rings. The van der Waals surface area contributed by atoms with E-state index in [1.807, 2.05) is 24.1 Å². The zero-order valence-corrected chi connectivity index (χ0v) is 11.8. The van der Waals surface area contributed by atoms with Crippen LogP contribution in [0.1, 0.15) is 11.6 Å². The number of ether oxygens (including phenoxy) is 2. The molecule has 0 spiro atoms. The van der Waals surface area contributed by atoms with Gasteiger partial charge in [-0.2, -0.15) is 0 Å². The molecule has 0 N–H and O–H groups in total. The fourth-order valence-corrected chi connectivity index (χ4v) is 2.85. The van der Waals surface area contributed by atoms with Gasteiger partial charge in [-0.25, -0.2) is 0 Å². The molecule has 3 atom stereocenters. The molecule has 0 amide bonds. The summed E-state index contributed by atoms with van der Waals surface area (Å²) in [4.78, 5) is 30.0. The Morgan fingerprint density at radius 2 is 2.00 bits per heavy atom. The van der Waals surface area contributed by atoms with E-state index in [1.165, 1.54) is 14.2 Å². The number of pyridine rings is 1. The average Bonchev–Trinajstić information content (AvgIpc) is 2.84. The zero-order chi connectivity index (χ0) is 14.7. The van der Waals surface area contributed by atoms with Crippen LogP contribution in [0, 0.1) is 11.8 Å². The fraction of sp³-hybridized carbons (Fsp3) is 0.500. The Kier molecular flexibility index (Phi) is 4.34. The first-order chi connectivity index (χ1) is 9.60. The lowest BCUT2D eigenvalue weighted by Crippen LogP contribution is -2.32. The van der Waals surface area contributed by atoms with Gasteiger partial charge in [0.1, 0.15) is 0 Å². The zero-order valence-electron chi connectivity index (χ0n) is 11.8. The summed E-state index contributed by atoms with van der Waals surface area (Å²) in [7, 11) is 4.53. The molecule has 0 unspecified atom stereocenters. The van der Waals surface area contributed by atoms with Crippen molar-refractivity contribution in [1.29, 1.82) is 0 Å². The first-order valence-electron chi connectivity index (χ1n) is 6.36. The van der Waals surface area contributed by atoms with Gasteiger partial charge in [0.25, 0.3) is 0 Å². The standard InChI is InChI=1S/C14H18N2O4/c1-16-8-10(13(17)19-2)11(14(18)20-3)12(16)9-5-4-6-15-7-9/h4-7,10-12H,8H2,1-3H3/t10-,11+,12-/m0/s1. The molecule has 0 aromatic carbocycles. The van der Waals surface area contributed by atoms with Crippen molar-refractivity contribution in [2.75, 3.05) is 27.8 Å². The number of hydrogen-bond donors (Lipinski definition) is 0. The Bertz CT molecular complexity index is 491. The maximum Gasteiger partial charge on any atom is 0.311 e. The molecule has 1 aromatic heterocycles. The molecular formula is C14H18N2O4. The summed E-state index contributed by atoms with van der Waals surface area (Å²) in [6.45, 7) is 0.450. The van der Waals surface area contributed by atoms with Gasteiger partial charge in [0.05, 0.1) is 32.1 Å². The van der Waals surface area contributed by atoms with E-state index < -0.39 is 23.8 Å². The molecule has 6 heteroatoms. The van der Waals surface area contributed by atoms with E-state index in [0.717, 1.165) is 5.56 Å². The van der Waals surface area contributed by atoms with Crippen molar-refractivity contribution in [2.24, 2.45) is 11.8 Å². The Balaban J connectivity index is 2.38. The highest BCUT2D eigenvalue weighted by atomic mass is 16.5. The SMILES string of the molecule is COC(=O)[C@@H]1[C@@H](C(=O)OC)CN(C)[C@H]1c1cccnc1. The molecule has 1 fully saturated rings. The van der Waals surface area contributed by atoms with E-state index in [2.05, 4.69) is 4.98 Å². The lowest BCUT2D eigenvalue weighted by atomic mass is 9.87. The van der Waals surface area contributed by atoms with Crippen LogP contribution < -0.4 is 0 Å². The van der Waals surface area contributed by atoms with Gasteiger partial charge in [-0.3, -0.25) is 19.5 Å². The topological polar surface area (TPSA) is 68.7 Å². The van der Waals surface area contributed by atoms with Crippen molar-refractivity contribution in [3.8, 4) is 0 Å². The highest BCUT2D eigenvalue weighted by molar-refractivity contribution is 5.83. The molecule has 108 valence electrons. The number of nitrogens with zero attached hydrogens (tertiary/aromatic N) is 2. The predicted octanol–water partition coefficient (Wildman–Crippen LogP) is 0.646. The number of methoxy groups -OCH3 is 2. The summed E-state index contributed by atoms with van der Waals surface area (Å²) in [5.74, 6) is -1.90. The van der Waals surface area contributed by atoms with E-state index in [9.17, 15) is 9.59 Å². The lowest BCUT2D eigenvalue weighted by Gasteiger charge is -2.24. The summed E-state index contributed by atoms with van der Waals surface area (Å²) < 4.78 is 9.67. The third-order valence-electron chi connectivity index (χ3n) is 3.74. The van der Waals surface area contributed by atoms with Gasteiger partial charge in [0, 0.05) is 18.9 Å². The van der Waals surface area contributed by atoms with Crippen LogP contribution in [0.15, 0.2) is 24.5 Å². The van der Waals surface area contributed by atoms with Crippen LogP contribution in [0.2, 0.25) is 0 Å². The Hall–Kier alpha value is -1.95. The Morgan fingerprint density at radius 1 is 1.30 bits per heavy atom. The quantitative estimate of drug-likeness (QED) is 0.756. The number of hydrogen-bond acceptors (Lipinski definition) is 6. The molecular weight excluding hydrogens is 260 g/mol. The van der Waals surface area contributed by atoms with Crippen LogP contribution in [0.3, 0.4) is 0 Å². The largest absolute Gasteiger partial charge is 0.469 e. The van der Waals surface area contributed by atoms with E-state index in [0.29, 0.717) is 6.54 Å². The Morgan fingerprint density at radius 3 is 2.55 bits per heavy atom. The second-order valence-corrected chi connectivity index (χ2v) is 4.85. The summed E-state index contributed by atoms with van der Waals surface area (Å²) in [6.07, 6.45) is 3.38. The summed E-state index contributed by atoms with van der Waals surface area (Å²) >= 11 is 0. The van der Waals surface area contributed by atoms with Crippen molar-refractivity contribution >= 4 is 11.9 Å². The van der Waals surface area contributed by atoms with Crippen LogP contribution in [0.25, 0.3) is 0 Å². The van der Waals surface area contributed by atoms with Gasteiger partial charge in [-0.1, -0.05) is 6.07 Å². The predicted molar refractivity (Wildman–Crippen MR) is 70.6 cm³/mol. The van der Waals surface area contributed by atoms with Crippen LogP contribution in [-0.4, -0.2) is 49.6 Å². The number of carbonyl (C=O) groups is 2. The first kappa shape index (κ1) is 14.5.